The Balaban J connectivity index is 1.21. The number of pyridine rings is 1. The second kappa shape index (κ2) is 13.1. The second-order valence-electron chi connectivity index (χ2n) is 11.9. The van der Waals surface area contributed by atoms with E-state index in [1.54, 1.807) is 0 Å². The number of nitrogens with one attached hydrogen (secondary N) is 1. The molecule has 0 bridgehead atoms. The largest absolute Gasteiger partial charge is 0.478 e. The summed E-state index contributed by atoms with van der Waals surface area (Å²) in [6.07, 6.45) is 5.43. The highest BCUT2D eigenvalue weighted by Crippen LogP contribution is 2.45. The molecule has 15 nitrogen and oxygen atoms in total. The van der Waals surface area contributed by atoms with Gasteiger partial charge < -0.3 is 31.1 Å². The van der Waals surface area contributed by atoms with Crippen molar-refractivity contribution in [1.82, 2.24) is 14.5 Å². The third kappa shape index (κ3) is 6.66. The number of hydrogen-bond acceptors (Lipinski definition) is 12. The van der Waals surface area contributed by atoms with Crippen molar-refractivity contribution in [3.63, 3.8) is 0 Å². The van der Waals surface area contributed by atoms with Gasteiger partial charge in [-0.15, -0.1) is 34.4 Å². The summed E-state index contributed by atoms with van der Waals surface area (Å²) in [5.74, 6) is -4.19. The lowest BCUT2D eigenvalue weighted by Gasteiger charge is -2.49. The third-order valence-electron chi connectivity index (χ3n) is 8.11. The van der Waals surface area contributed by atoms with Crippen LogP contribution in [0.4, 0.5) is 5.13 Å². The fourth-order valence-corrected chi connectivity index (χ4v) is 8.30. The Morgan fingerprint density at radius 3 is 2.65 bits per heavy atom. The number of anilines is 1. The van der Waals surface area contributed by atoms with Crippen molar-refractivity contribution < 1.29 is 38.8 Å². The summed E-state index contributed by atoms with van der Waals surface area (Å²) in [5.41, 5.74) is 11.5. The van der Waals surface area contributed by atoms with Gasteiger partial charge in [0.1, 0.15) is 22.7 Å². The molecule has 1 saturated heterocycles. The molecular formula is C31H31N8O7S3+. The van der Waals surface area contributed by atoms with Crippen LogP contribution in [0.2, 0.25) is 0 Å². The number of rotatable bonds is 13. The number of nitrogens with zero attached hydrogens (tertiary/aromatic N) is 5. The molecule has 0 aromatic carbocycles. The summed E-state index contributed by atoms with van der Waals surface area (Å²) in [5, 5.41) is 35.0. The van der Waals surface area contributed by atoms with E-state index in [2.05, 4.69) is 14.7 Å². The van der Waals surface area contributed by atoms with E-state index in [0.29, 0.717) is 23.4 Å². The zero-order valence-electron chi connectivity index (χ0n) is 26.2. The molecule has 6 heterocycles. The van der Waals surface area contributed by atoms with Crippen LogP contribution in [0.5, 0.6) is 0 Å². The number of thiophene rings is 1. The molecule has 0 unspecified atom stereocenters. The first-order valence-corrected chi connectivity index (χ1v) is 17.6. The maximum atomic E-state index is 13.5. The van der Waals surface area contributed by atoms with Gasteiger partial charge in [-0.05, 0) is 26.0 Å². The number of thiazole rings is 1. The molecule has 2 aliphatic heterocycles. The third-order valence-corrected chi connectivity index (χ3v) is 11.1. The molecule has 0 aliphatic carbocycles. The van der Waals surface area contributed by atoms with E-state index in [9.17, 15) is 29.4 Å². The fourth-order valence-electron chi connectivity index (χ4n) is 5.47. The van der Waals surface area contributed by atoms with E-state index in [-0.39, 0.29) is 41.0 Å². The van der Waals surface area contributed by atoms with Crippen molar-refractivity contribution in [2.75, 3.05) is 11.5 Å². The molecule has 4 aromatic rings. The number of aromatic nitrogens is 3. The summed E-state index contributed by atoms with van der Waals surface area (Å²) in [6.45, 7) is 3.33. The number of fused-ring (bicyclic) bond motifs is 2. The van der Waals surface area contributed by atoms with Crippen LogP contribution in [-0.4, -0.2) is 76.6 Å². The highest BCUT2D eigenvalue weighted by molar-refractivity contribution is 8.00. The second-order valence-corrected chi connectivity index (χ2v) is 14.9. The minimum Gasteiger partial charge on any atom is -0.478 e. The van der Waals surface area contributed by atoms with Gasteiger partial charge in [0.25, 0.3) is 0 Å². The van der Waals surface area contributed by atoms with E-state index in [4.69, 9.17) is 21.7 Å². The highest BCUT2D eigenvalue weighted by atomic mass is 32.2. The van der Waals surface area contributed by atoms with Gasteiger partial charge in [0, 0.05) is 56.6 Å². The number of oxime groups is 1. The highest BCUT2D eigenvalue weighted by Gasteiger charge is 2.54. The number of carboxylic acids is 2. The maximum Gasteiger partial charge on any atom is 0.352 e. The van der Waals surface area contributed by atoms with Gasteiger partial charge in [-0.1, -0.05) is 5.16 Å². The molecule has 0 saturated carbocycles. The van der Waals surface area contributed by atoms with Crippen molar-refractivity contribution in [3.8, 4) is 0 Å². The molecule has 254 valence electrons. The number of ketones is 1. The van der Waals surface area contributed by atoms with Crippen molar-refractivity contribution in [3.05, 3.63) is 75.0 Å². The Bertz CT molecular complexity index is 2100. The van der Waals surface area contributed by atoms with Gasteiger partial charge in [0.05, 0.1) is 17.8 Å². The first kappa shape index (κ1) is 33.8. The summed E-state index contributed by atoms with van der Waals surface area (Å²) in [7, 11) is 0. The van der Waals surface area contributed by atoms with Crippen LogP contribution >= 0.6 is 34.4 Å². The topological polar surface area (TPSA) is 231 Å². The molecule has 2 aliphatic rings. The summed E-state index contributed by atoms with van der Waals surface area (Å²) in [4.78, 5) is 62.6. The zero-order valence-corrected chi connectivity index (χ0v) is 28.6. The number of hydrogen-bond donors (Lipinski definition) is 5. The Morgan fingerprint density at radius 2 is 2.00 bits per heavy atom. The molecule has 1 amide bonds. The first-order chi connectivity index (χ1) is 23.2. The zero-order chi connectivity index (χ0) is 35.2. The number of thioether (sulfide) groups is 1. The average Bonchev–Trinajstić information content (AvgIpc) is 3.80. The molecule has 6 rings (SSSR count). The van der Waals surface area contributed by atoms with Crippen LogP contribution in [0, 0.1) is 11.3 Å². The van der Waals surface area contributed by atoms with Crippen LogP contribution in [0.3, 0.4) is 0 Å². The number of β-lactam (4-membered cyclic amide) rings is 1. The van der Waals surface area contributed by atoms with Crippen molar-refractivity contribution in [2.24, 2.45) is 16.8 Å². The number of carbonyl (C=O) groups is 4. The van der Waals surface area contributed by atoms with E-state index in [1.165, 1.54) is 47.2 Å². The molecule has 49 heavy (non-hydrogen) atoms. The SMILES string of the molecule is CC(C)(O/N=C(\C(=O)C[C@@H]1C(=O)N2C(C(=O)O)=C(C[n+]3ccc4ccn(Cc5cc(C(=N)N)cs5)c4c3)CS[C@H]12)c1csc(N)n1)C(=O)O. The lowest BCUT2D eigenvalue weighted by Crippen LogP contribution is -2.62. The van der Waals surface area contributed by atoms with E-state index >= 15 is 0 Å². The van der Waals surface area contributed by atoms with E-state index in [0.717, 1.165) is 27.1 Å². The number of Topliss-reactive ketones (excluding diaryl/α,β-unsaturated/α-hetero) is 1. The smallest absolute Gasteiger partial charge is 0.352 e. The molecule has 18 heteroatoms. The summed E-state index contributed by atoms with van der Waals surface area (Å²) >= 11 is 3.93. The number of carboxylic acid groups (broad SMARTS) is 2. The predicted octanol–water partition coefficient (Wildman–Crippen LogP) is 2.47. The molecule has 2 atom stereocenters. The molecule has 1 fully saturated rings. The summed E-state index contributed by atoms with van der Waals surface area (Å²) < 4.78 is 3.94. The molecule has 0 spiro atoms. The standard InChI is InChI=1S/C31H30N8O7S3/c1-31(2,29(44)45)46-36-23(20-14-49-30(34)35-20)22(40)8-19-26(41)39-24(28(42)43)17(13-48-27(19)39)9-37-5-3-15-4-6-38(21(15)11-37)10-18-7-16(12-47-18)25(32)33/h3-7,11-12,14,19,27H,8-10,13H2,1-2H3,(H6-,32,33,34,35,42,43,44,45)/p+1/b36-23-/t19-,27-/m1/s1. The summed E-state index contributed by atoms with van der Waals surface area (Å²) in [6, 6.07) is 5.81. The van der Waals surface area contributed by atoms with Crippen LogP contribution in [0.1, 0.15) is 36.4 Å². The Hall–Kier alpha value is -5.07. The number of nitrogen functional groups attached to an aromatic ring is 2. The van der Waals surface area contributed by atoms with Crippen LogP contribution < -0.4 is 16.0 Å². The van der Waals surface area contributed by atoms with Crippen LogP contribution in [0.15, 0.2) is 64.0 Å². The van der Waals surface area contributed by atoms with Crippen LogP contribution in [0.25, 0.3) is 10.9 Å². The van der Waals surface area contributed by atoms with Crippen molar-refractivity contribution >= 4 is 85.6 Å². The number of amidine groups is 1. The Kier molecular flexibility index (Phi) is 9.03. The molecule has 7 N–H and O–H groups in total. The normalized spacial score (nSPS) is 18.0. The van der Waals surface area contributed by atoms with Gasteiger partial charge in [-0.2, -0.15) is 4.57 Å². The van der Waals surface area contributed by atoms with E-state index < -0.39 is 40.5 Å². The quantitative estimate of drug-likeness (QED) is 0.0442. The van der Waals surface area contributed by atoms with Crippen LogP contribution in [-0.2, 0) is 37.1 Å². The molecule has 4 aromatic heterocycles. The Morgan fingerprint density at radius 1 is 1.22 bits per heavy atom. The lowest BCUT2D eigenvalue weighted by atomic mass is 9.89. The van der Waals surface area contributed by atoms with Gasteiger partial charge in [0.15, 0.2) is 35.6 Å². The lowest BCUT2D eigenvalue weighted by molar-refractivity contribution is -0.687. The number of aliphatic carboxylic acids is 2. The van der Waals surface area contributed by atoms with E-state index in [1.807, 2.05) is 46.7 Å². The number of nitrogens with two attached hydrogens (primary N) is 2. The van der Waals surface area contributed by atoms with Gasteiger partial charge in [-0.3, -0.25) is 19.9 Å². The Labute approximate surface area is 291 Å². The minimum absolute atomic E-state index is 0.0120. The fraction of sp³-hybridized carbons (Fsp3) is 0.290. The van der Waals surface area contributed by atoms with Gasteiger partial charge in [-0.25, -0.2) is 14.6 Å². The monoisotopic (exact) mass is 723 g/mol. The van der Waals surface area contributed by atoms with Gasteiger partial charge in [0.2, 0.25) is 11.5 Å². The number of amides is 1. The van der Waals surface area contributed by atoms with Gasteiger partial charge >= 0.3 is 11.9 Å². The van der Waals surface area contributed by atoms with Crippen molar-refractivity contribution in [2.45, 2.75) is 44.3 Å². The maximum absolute atomic E-state index is 13.5. The number of carbonyl (C=O) groups excluding carboxylic acids is 2. The molecular weight excluding hydrogens is 693 g/mol. The molecule has 0 radical (unpaired) electrons. The van der Waals surface area contributed by atoms with Crippen molar-refractivity contribution in [1.29, 1.82) is 5.41 Å². The average molecular weight is 724 g/mol. The minimum atomic E-state index is -1.75. The predicted molar refractivity (Wildman–Crippen MR) is 183 cm³/mol. The first-order valence-electron chi connectivity index (χ1n) is 14.8.